The molecule has 3 saturated heterocycles. The number of nitrogens with two attached hydrogens (primary N) is 1. The first-order chi connectivity index (χ1) is 67.7. The molecule has 7 N–H and O–H groups in total. The fourth-order valence-corrected chi connectivity index (χ4v) is 24.4. The van der Waals surface area contributed by atoms with Crippen LogP contribution in [0.25, 0.3) is 33.9 Å². The van der Waals surface area contributed by atoms with Crippen molar-refractivity contribution in [2.45, 2.75) is 226 Å². The fraction of sp³-hybridized carbons (Fsp3) is 0.411. The molecule has 32 nitrogen and oxygen atoms in total. The zero-order valence-corrected chi connectivity index (χ0v) is 88.6. The molecule has 0 radical (unpaired) electrons. The van der Waals surface area contributed by atoms with E-state index >= 15 is 0 Å². The van der Waals surface area contributed by atoms with Crippen molar-refractivity contribution in [2.24, 2.45) is 40.9 Å². The third-order valence-corrected chi connectivity index (χ3v) is 32.4. The molecule has 5 aliphatic rings. The van der Waals surface area contributed by atoms with Gasteiger partial charge in [0.05, 0.1) is 63.0 Å². The number of H-pyrrole nitrogens is 1. The van der Waals surface area contributed by atoms with Crippen molar-refractivity contribution in [3.05, 3.63) is 261 Å². The molecule has 3 aliphatic heterocycles. The average molecular weight is 2040 g/mol. The summed E-state index contributed by atoms with van der Waals surface area (Å²) in [5, 5.41) is -0.579. The van der Waals surface area contributed by atoms with Gasteiger partial charge in [-0.2, -0.15) is 21.8 Å². The van der Waals surface area contributed by atoms with Crippen molar-refractivity contribution in [1.29, 1.82) is 0 Å². The second-order valence-electron chi connectivity index (χ2n) is 41.2. The van der Waals surface area contributed by atoms with Gasteiger partial charge in [0.1, 0.15) is 39.8 Å². The maximum atomic E-state index is 14.7. The summed E-state index contributed by atoms with van der Waals surface area (Å²) < 4.78 is 133. The molecule has 144 heavy (non-hydrogen) atoms. The highest BCUT2D eigenvalue weighted by Gasteiger charge is 2.46. The Morgan fingerprint density at radius 2 is 0.958 bits per heavy atom. The number of hydrogen-bond acceptors (Lipinski definition) is 27. The highest BCUT2D eigenvalue weighted by Crippen LogP contribution is 2.52. The molecule has 11 aromatic rings. The Morgan fingerprint density at radius 3 is 1.46 bits per heavy atom. The van der Waals surface area contributed by atoms with Gasteiger partial charge in [0.2, 0.25) is 5.88 Å². The normalized spacial score (nSPS) is 19.3. The number of nitrogens with one attached hydrogen (secondary N) is 5. The number of pyridine rings is 9. The number of allylic oxidation sites excluding steroid dienone is 2. The third kappa shape index (κ3) is 25.2. The number of nitrogens with zero attached hydrogens (tertiary/aromatic N) is 12. The molecular formula is C107H131FN18O14S4. The summed E-state index contributed by atoms with van der Waals surface area (Å²) in [6, 6.07) is 42.2. The minimum Gasteiger partial charge on any atom is -0.477 e. The van der Waals surface area contributed by atoms with Crippen molar-refractivity contribution in [3.8, 4) is 39.8 Å². The van der Waals surface area contributed by atoms with Crippen molar-refractivity contribution in [3.63, 3.8) is 0 Å². The molecule has 4 amide bonds. The van der Waals surface area contributed by atoms with Gasteiger partial charge in [-0.1, -0.05) is 103 Å². The highest BCUT2D eigenvalue weighted by atomic mass is 32.2. The van der Waals surface area contributed by atoms with E-state index in [9.17, 15) is 62.0 Å². The summed E-state index contributed by atoms with van der Waals surface area (Å²) in [4.78, 5) is 111. The van der Waals surface area contributed by atoms with Gasteiger partial charge in [0.25, 0.3) is 69.3 Å². The van der Waals surface area contributed by atoms with E-state index in [4.69, 9.17) is 25.4 Å². The highest BCUT2D eigenvalue weighted by molar-refractivity contribution is 7.91. The molecule has 1 saturated carbocycles. The predicted molar refractivity (Wildman–Crippen MR) is 558 cm³/mol. The van der Waals surface area contributed by atoms with Gasteiger partial charge in [-0.25, -0.2) is 65.0 Å². The van der Waals surface area contributed by atoms with Gasteiger partial charge in [0, 0.05) is 91.0 Å². The van der Waals surface area contributed by atoms with Crippen LogP contribution in [0.2, 0.25) is 0 Å². The van der Waals surface area contributed by atoms with Gasteiger partial charge in [-0.15, -0.1) is 0 Å². The van der Waals surface area contributed by atoms with Crippen LogP contribution >= 0.6 is 0 Å². The van der Waals surface area contributed by atoms with E-state index in [-0.39, 0.29) is 88.2 Å². The maximum Gasteiger partial charge on any atom is 0.281 e. The number of sulfonamides is 4. The van der Waals surface area contributed by atoms with E-state index in [1.54, 1.807) is 80.7 Å². The summed E-state index contributed by atoms with van der Waals surface area (Å²) in [6.45, 7) is 45.3. The van der Waals surface area contributed by atoms with Gasteiger partial charge >= 0.3 is 0 Å². The second kappa shape index (κ2) is 43.7. The van der Waals surface area contributed by atoms with Crippen molar-refractivity contribution < 1.29 is 62.0 Å². The molecular weight excluding hydrogens is 1910 g/mol. The van der Waals surface area contributed by atoms with E-state index in [0.717, 1.165) is 110 Å². The summed E-state index contributed by atoms with van der Waals surface area (Å²) in [7, 11) is -17.0. The maximum absolute atomic E-state index is 14.7. The number of aryl methyl sites for hydroxylation is 5. The Kier molecular flexibility index (Phi) is 32.8. The van der Waals surface area contributed by atoms with Crippen LogP contribution in [0.4, 0.5) is 33.5 Å². The number of nitrogen functional groups attached to an aromatic ring is 1. The van der Waals surface area contributed by atoms with Gasteiger partial charge in [0.15, 0.2) is 14.9 Å². The Hall–Kier alpha value is -13.3. The first-order valence-corrected chi connectivity index (χ1v) is 54.4. The quantitative estimate of drug-likeness (QED) is 0.0289. The molecule has 0 spiro atoms. The lowest BCUT2D eigenvalue weighted by molar-refractivity contribution is 0.0970. The number of halogens is 1. The van der Waals surface area contributed by atoms with Gasteiger partial charge in [-0.05, 0) is 308 Å². The summed E-state index contributed by atoms with van der Waals surface area (Å²) >= 11 is 0. The number of ether oxygens (including phenoxy) is 1. The molecule has 9 aromatic heterocycles. The van der Waals surface area contributed by atoms with Gasteiger partial charge < -0.3 is 35.1 Å². The van der Waals surface area contributed by atoms with Crippen LogP contribution in [-0.2, 0) is 40.1 Å². The third-order valence-electron chi connectivity index (χ3n) is 27.2. The lowest BCUT2D eigenvalue weighted by atomic mass is 9.78. The van der Waals surface area contributed by atoms with E-state index in [1.807, 2.05) is 68.5 Å². The lowest BCUT2D eigenvalue weighted by Gasteiger charge is -2.34. The van der Waals surface area contributed by atoms with Gasteiger partial charge in [-0.3, -0.25) is 33.9 Å². The summed E-state index contributed by atoms with van der Waals surface area (Å²) in [6.07, 6.45) is 15.3. The first-order valence-electron chi connectivity index (χ1n) is 48.4. The molecule has 16 rings (SSSR count). The Balaban J connectivity index is 0.000000161. The van der Waals surface area contributed by atoms with Crippen LogP contribution in [0.5, 0.6) is 5.88 Å². The first kappa shape index (κ1) is 108. The zero-order valence-electron chi connectivity index (χ0n) is 85.3. The van der Waals surface area contributed by atoms with E-state index < -0.39 is 80.0 Å². The predicted octanol–water partition coefficient (Wildman–Crippen LogP) is 17.6. The number of amides is 4. The molecule has 2 aromatic carbocycles. The summed E-state index contributed by atoms with van der Waals surface area (Å²) in [5.41, 5.74) is 13.2. The monoisotopic (exact) mass is 2040 g/mol. The molecule has 7 atom stereocenters. The number of rotatable bonds is 25. The number of anilines is 5. The molecule has 0 bridgehead atoms. The van der Waals surface area contributed by atoms with Crippen LogP contribution in [-0.4, -0.2) is 158 Å². The number of carbonyl (C=O) groups is 4. The zero-order chi connectivity index (χ0) is 105. The Labute approximate surface area is 844 Å². The van der Waals surface area contributed by atoms with Crippen molar-refractivity contribution >= 4 is 92.8 Å². The van der Waals surface area contributed by atoms with E-state index in [1.165, 1.54) is 73.1 Å². The Bertz CT molecular complexity index is 7260. The Morgan fingerprint density at radius 1 is 0.479 bits per heavy atom. The minimum atomic E-state index is -4.44. The van der Waals surface area contributed by atoms with E-state index in [2.05, 4.69) is 167 Å². The smallest absolute Gasteiger partial charge is 0.281 e. The van der Waals surface area contributed by atoms with Crippen LogP contribution in [0.15, 0.2) is 213 Å². The second-order valence-corrected chi connectivity index (χ2v) is 47.7. The van der Waals surface area contributed by atoms with Crippen LogP contribution in [0.1, 0.15) is 230 Å². The van der Waals surface area contributed by atoms with Crippen LogP contribution in [0, 0.1) is 81.4 Å². The number of carbonyl (C=O) groups excluding carboxylic acids is 4. The lowest BCUT2D eigenvalue weighted by Crippen LogP contribution is -2.41. The minimum absolute atomic E-state index is 0.0133. The molecule has 4 fully saturated rings. The molecule has 764 valence electrons. The van der Waals surface area contributed by atoms with Crippen molar-refractivity contribution in [1.82, 2.24) is 63.7 Å². The molecule has 12 heterocycles. The molecule has 2 aliphatic carbocycles. The average Bonchev–Trinajstić information content (AvgIpc) is 1.57. The standard InChI is InChI=1S/C28H37N7O3S.C27H32N4O3S.C27H35N3O4S.C25H27FN4O4S/c1-7-34(8-2)24-15-18(3)14-22(30-24)21-13-12-20(26(31-21)35-17-19(4)16-28(35,5)6)27(36)33-39(37,38)25-11-9-10-23(29)32-25;1-17-9-10-21(19(3)14-17)23-12-11-22(25(29-23)31-16-18(2)15-27(31,5)6)26(32)30-35(33,34)24-8-7-13-28-20(24)4;1-18-15-22(27(3,4)16-18)25-21(11-8-14-28-25)26(31)30-35(32,33)24-13-7-12-23(29-24)34-17-20-10-6-5-9-19(20)2;1-15-7-8-17(19(26)12-15)20-10-9-18(22(28-20)30-14-16(2)13-25(30,3)4)23(31)29-35(33,34)21-6-5-11-27-24(21)32/h9-15,19H,7-8,16-17H2,1-6H3,(H2,29,32)(H,33,36);7-14,18H,15-16H2,1-6H3,(H,30,32);5-8,11-14,18-20,22H,9-10,15-17H2,1-4H3,(H,30,31);5-12,16H,13-14H2,1-4H3,(H,27,32)(H,29,31)/t19-;18-;;16-/m00.0/s1. The number of aromatic amines is 1. The molecule has 4 unspecified atom stereocenters. The topological polar surface area (TPSA) is 437 Å². The number of aromatic nitrogens is 9. The fourth-order valence-electron chi connectivity index (χ4n) is 20.4. The van der Waals surface area contributed by atoms with Crippen LogP contribution in [0.3, 0.4) is 0 Å². The summed E-state index contributed by atoms with van der Waals surface area (Å²) in [5.74, 6) is 1.25. The molecule has 37 heteroatoms. The largest absolute Gasteiger partial charge is 0.477 e. The van der Waals surface area contributed by atoms with Crippen molar-refractivity contribution in [2.75, 3.05) is 64.7 Å². The SMILES string of the molecule is CC1CC(c2ncccc2C(=O)NS(=O)(=O)c2cccc(OCC3CC=CCC3C)n2)C(C)(C)C1.CCN(CC)c1cc(C)cc(-c2ccc(C(=O)NS(=O)(=O)c3cccc(N)n3)c(N3C[C@@H](C)CC3(C)C)n2)n1.Cc1ccc(-c2ccc(C(=O)NS(=O)(=O)c3ccc[nH]c3=O)c(N3C[C@@H](C)CC3(C)C)n2)c(F)c1.Cc1ccc(-c2ccc(C(=O)NS(=O)(=O)c3cccnc3C)c(N3C[C@@H](C)CC3(C)C)n2)c(C)c1. The number of benzene rings is 2. The van der Waals surface area contributed by atoms with E-state index in [0.29, 0.717) is 95.3 Å². The number of hydrogen-bond donors (Lipinski definition) is 6. The van der Waals surface area contributed by atoms with Crippen LogP contribution < -0.4 is 54.5 Å².